The first kappa shape index (κ1) is 27.2. The average molecular weight is 470 g/mol. The van der Waals surface area contributed by atoms with Crippen molar-refractivity contribution in [2.45, 2.75) is 52.7 Å². The molecule has 1 aromatic heterocycles. The van der Waals surface area contributed by atoms with E-state index in [9.17, 15) is 19.2 Å². The summed E-state index contributed by atoms with van der Waals surface area (Å²) in [7, 11) is 1.20. The van der Waals surface area contributed by atoms with E-state index in [0.717, 1.165) is 6.08 Å². The summed E-state index contributed by atoms with van der Waals surface area (Å²) in [5.41, 5.74) is -2.83. The van der Waals surface area contributed by atoms with Crippen molar-refractivity contribution in [1.82, 2.24) is 5.32 Å². The standard InChI is InChI=1S/C22H31NO8S/c1-7-29-18(25)22(19(26)30-8-2,13-9-12-16(24)28-6)17(15-11-10-14-32-15)23-20(27)31-21(3,4)5/h9-12,14,17H,7-8,13H2,1-6H3,(H,23,27)/b12-9+/t17-/m1/s1. The molecule has 0 saturated carbocycles. The number of allylic oxidation sites excluding steroid dienone is 1. The van der Waals surface area contributed by atoms with Gasteiger partial charge in [-0.1, -0.05) is 12.1 Å². The van der Waals surface area contributed by atoms with Crippen molar-refractivity contribution in [2.75, 3.05) is 20.3 Å². The van der Waals surface area contributed by atoms with Gasteiger partial charge in [0.05, 0.1) is 26.4 Å². The molecule has 1 heterocycles. The first-order valence-electron chi connectivity index (χ1n) is 10.1. The third-order valence-corrected chi connectivity index (χ3v) is 5.09. The highest BCUT2D eigenvalue weighted by Crippen LogP contribution is 2.42. The van der Waals surface area contributed by atoms with E-state index < -0.39 is 41.1 Å². The molecule has 0 aliphatic carbocycles. The van der Waals surface area contributed by atoms with E-state index in [-0.39, 0.29) is 19.6 Å². The number of rotatable bonds is 10. The Hall–Kier alpha value is -2.88. The molecule has 32 heavy (non-hydrogen) atoms. The zero-order chi connectivity index (χ0) is 24.4. The molecule has 0 unspecified atom stereocenters. The predicted molar refractivity (Wildman–Crippen MR) is 118 cm³/mol. The lowest BCUT2D eigenvalue weighted by molar-refractivity contribution is -0.174. The molecule has 1 atom stereocenters. The van der Waals surface area contributed by atoms with Crippen LogP contribution in [0.4, 0.5) is 4.79 Å². The Bertz CT molecular complexity index is 792. The Labute approximate surface area is 192 Å². The van der Waals surface area contributed by atoms with Crippen LogP contribution in [0.15, 0.2) is 29.7 Å². The van der Waals surface area contributed by atoms with Gasteiger partial charge in [-0.15, -0.1) is 11.3 Å². The van der Waals surface area contributed by atoms with Gasteiger partial charge in [0.2, 0.25) is 0 Å². The number of alkyl carbamates (subject to hydrolysis) is 1. The Kier molecular flexibility index (Phi) is 10.4. The highest BCUT2D eigenvalue weighted by Gasteiger charge is 2.56. The Balaban J connectivity index is 3.63. The molecule has 10 heteroatoms. The average Bonchev–Trinajstić information content (AvgIpc) is 3.23. The number of carbonyl (C=O) groups excluding carboxylic acids is 4. The second kappa shape index (κ2) is 12.2. The molecule has 178 valence electrons. The van der Waals surface area contributed by atoms with Gasteiger partial charge >= 0.3 is 24.0 Å². The number of ether oxygens (including phenoxy) is 4. The molecule has 0 aliphatic heterocycles. The van der Waals surface area contributed by atoms with E-state index in [1.807, 2.05) is 0 Å². The van der Waals surface area contributed by atoms with Crippen molar-refractivity contribution in [2.24, 2.45) is 5.41 Å². The molecule has 9 nitrogen and oxygen atoms in total. The number of hydrogen-bond acceptors (Lipinski definition) is 9. The fourth-order valence-corrected chi connectivity index (χ4v) is 3.72. The van der Waals surface area contributed by atoms with E-state index in [1.54, 1.807) is 52.1 Å². The van der Waals surface area contributed by atoms with Crippen LogP contribution in [-0.4, -0.2) is 49.9 Å². The zero-order valence-corrected chi connectivity index (χ0v) is 20.1. The number of hydrogen-bond donors (Lipinski definition) is 1. The molecule has 1 N–H and O–H groups in total. The molecule has 0 saturated heterocycles. The molecule has 1 amide bonds. The van der Waals surface area contributed by atoms with Crippen LogP contribution >= 0.6 is 11.3 Å². The summed E-state index contributed by atoms with van der Waals surface area (Å²) in [4.78, 5) is 51.3. The van der Waals surface area contributed by atoms with Gasteiger partial charge in [-0.2, -0.15) is 0 Å². The number of thiophene rings is 1. The Morgan fingerprint density at radius 2 is 1.69 bits per heavy atom. The van der Waals surface area contributed by atoms with Gasteiger partial charge in [0, 0.05) is 11.0 Å². The van der Waals surface area contributed by atoms with Gasteiger partial charge in [0.25, 0.3) is 0 Å². The molecular weight excluding hydrogens is 438 g/mol. The summed E-state index contributed by atoms with van der Waals surface area (Å²) in [5, 5.41) is 4.39. The molecule has 0 aromatic carbocycles. The van der Waals surface area contributed by atoms with Gasteiger partial charge in [-0.3, -0.25) is 9.59 Å². The highest BCUT2D eigenvalue weighted by molar-refractivity contribution is 7.10. The van der Waals surface area contributed by atoms with Crippen LogP contribution in [0.1, 0.15) is 52.0 Å². The maximum atomic E-state index is 13.3. The maximum absolute atomic E-state index is 13.3. The predicted octanol–water partition coefficient (Wildman–Crippen LogP) is 3.55. The van der Waals surface area contributed by atoms with Gasteiger partial charge in [0.15, 0.2) is 5.41 Å². The number of methoxy groups -OCH3 is 1. The van der Waals surface area contributed by atoms with Crippen LogP contribution in [-0.2, 0) is 33.3 Å². The lowest BCUT2D eigenvalue weighted by atomic mass is 9.76. The fourth-order valence-electron chi connectivity index (χ4n) is 2.85. The van der Waals surface area contributed by atoms with Gasteiger partial charge in [-0.25, -0.2) is 9.59 Å². The van der Waals surface area contributed by atoms with Crippen LogP contribution in [0, 0.1) is 5.41 Å². The fraction of sp³-hybridized carbons (Fsp3) is 0.545. The van der Waals surface area contributed by atoms with E-state index in [2.05, 4.69) is 10.1 Å². The summed E-state index contributed by atoms with van der Waals surface area (Å²) in [6, 6.07) is 2.21. The molecule has 1 aromatic rings. The Morgan fingerprint density at radius 1 is 1.09 bits per heavy atom. The van der Waals surface area contributed by atoms with E-state index in [0.29, 0.717) is 4.88 Å². The largest absolute Gasteiger partial charge is 0.466 e. The van der Waals surface area contributed by atoms with Crippen LogP contribution in [0.3, 0.4) is 0 Å². The van der Waals surface area contributed by atoms with Crippen LogP contribution in [0.5, 0.6) is 0 Å². The summed E-state index contributed by atoms with van der Waals surface area (Å²) < 4.78 is 20.4. The van der Waals surface area contributed by atoms with Crippen molar-refractivity contribution in [3.63, 3.8) is 0 Å². The first-order valence-corrected chi connectivity index (χ1v) is 11.0. The third kappa shape index (κ3) is 7.37. The Morgan fingerprint density at radius 3 is 2.12 bits per heavy atom. The molecular formula is C22H31NO8S. The normalized spacial score (nSPS) is 12.7. The van der Waals surface area contributed by atoms with Crippen molar-refractivity contribution in [3.05, 3.63) is 34.5 Å². The lowest BCUT2D eigenvalue weighted by Crippen LogP contribution is -2.52. The van der Waals surface area contributed by atoms with Crippen LogP contribution in [0.25, 0.3) is 0 Å². The smallest absolute Gasteiger partial charge is 0.408 e. The SMILES string of the molecule is CCOC(=O)C(C/C=C/C(=O)OC)(C(=O)OCC)[C@H](NC(=O)OC(C)(C)C)c1cccs1. The van der Waals surface area contributed by atoms with Gasteiger partial charge in [0.1, 0.15) is 5.60 Å². The molecule has 0 fully saturated rings. The lowest BCUT2D eigenvalue weighted by Gasteiger charge is -2.36. The summed E-state index contributed by atoms with van der Waals surface area (Å²) >= 11 is 1.23. The zero-order valence-electron chi connectivity index (χ0n) is 19.3. The van der Waals surface area contributed by atoms with Gasteiger partial charge in [-0.05, 0) is 52.5 Å². The first-order chi connectivity index (χ1) is 15.0. The molecule has 1 rings (SSSR count). The number of amides is 1. The highest BCUT2D eigenvalue weighted by atomic mass is 32.1. The monoisotopic (exact) mass is 469 g/mol. The van der Waals surface area contributed by atoms with Gasteiger partial charge < -0.3 is 24.3 Å². The minimum Gasteiger partial charge on any atom is -0.466 e. The summed E-state index contributed by atoms with van der Waals surface area (Å²) in [6.07, 6.45) is 1.28. The minimum absolute atomic E-state index is 0.00962. The van der Waals surface area contributed by atoms with Crippen LogP contribution in [0.2, 0.25) is 0 Å². The second-order valence-corrected chi connectivity index (χ2v) is 8.62. The minimum atomic E-state index is -2.02. The van der Waals surface area contributed by atoms with Crippen molar-refractivity contribution in [3.8, 4) is 0 Å². The molecule has 0 spiro atoms. The maximum Gasteiger partial charge on any atom is 0.408 e. The summed E-state index contributed by atoms with van der Waals surface area (Å²) in [6.45, 7) is 8.25. The molecule has 0 bridgehead atoms. The quantitative estimate of drug-likeness (QED) is 0.239. The molecule has 0 radical (unpaired) electrons. The number of nitrogens with one attached hydrogen (secondary N) is 1. The van der Waals surface area contributed by atoms with E-state index in [1.165, 1.54) is 24.5 Å². The number of carbonyl (C=O) groups is 4. The summed E-state index contributed by atoms with van der Waals surface area (Å²) in [5.74, 6) is -2.47. The van der Waals surface area contributed by atoms with Crippen molar-refractivity contribution >= 4 is 35.3 Å². The third-order valence-electron chi connectivity index (χ3n) is 4.16. The van der Waals surface area contributed by atoms with Crippen LogP contribution < -0.4 is 5.32 Å². The van der Waals surface area contributed by atoms with Crippen molar-refractivity contribution in [1.29, 1.82) is 0 Å². The number of esters is 3. The van der Waals surface area contributed by atoms with E-state index in [4.69, 9.17) is 14.2 Å². The van der Waals surface area contributed by atoms with E-state index >= 15 is 0 Å². The second-order valence-electron chi connectivity index (χ2n) is 7.64. The molecule has 0 aliphatic rings. The van der Waals surface area contributed by atoms with Crippen molar-refractivity contribution < 1.29 is 38.1 Å². The topological polar surface area (TPSA) is 117 Å².